The van der Waals surface area contributed by atoms with Crippen molar-refractivity contribution in [1.29, 1.82) is 0 Å². The summed E-state index contributed by atoms with van der Waals surface area (Å²) >= 11 is 3.41. The molecular weight excluding hydrogens is 552 g/mol. The minimum absolute atomic E-state index is 0.207. The Morgan fingerprint density at radius 3 is 1.15 bits per heavy atom. The lowest BCUT2D eigenvalue weighted by Gasteiger charge is -2.27. The summed E-state index contributed by atoms with van der Waals surface area (Å²) in [4.78, 5) is 12.7. The van der Waals surface area contributed by atoms with Crippen LogP contribution in [0, 0.1) is 0 Å². The molecule has 0 aliphatic rings. The SMILES string of the molecule is COc1cc(OC)c(CSC(C)(C)CNC(=O)NCC(C)(C)SCc2c(OC)cc(OC)cc2OC)c(OC)c1. The van der Waals surface area contributed by atoms with Crippen molar-refractivity contribution in [3.8, 4) is 34.5 Å². The normalized spacial score (nSPS) is 11.4. The number of thioether (sulfide) groups is 2. The van der Waals surface area contributed by atoms with Crippen LogP contribution >= 0.6 is 23.5 Å². The van der Waals surface area contributed by atoms with Gasteiger partial charge in [-0.2, -0.15) is 0 Å². The zero-order valence-electron chi connectivity index (χ0n) is 25.3. The Kier molecular flexibility index (Phi) is 12.8. The highest BCUT2D eigenvalue weighted by molar-refractivity contribution is 8.00. The maximum atomic E-state index is 12.7. The standard InChI is InChI=1S/C29H44N2O7S2/c1-28(2,39-15-21-23(35-7)11-19(33-5)12-24(21)36-8)17-30-27(32)31-18-29(3,4)40-16-22-25(37-9)13-20(34-6)14-26(22)38-10/h11-14H,15-18H2,1-10H3,(H2,30,31,32). The molecule has 0 spiro atoms. The summed E-state index contributed by atoms with van der Waals surface area (Å²) in [7, 11) is 9.73. The second-order valence-electron chi connectivity index (χ2n) is 10.2. The van der Waals surface area contributed by atoms with Gasteiger partial charge >= 0.3 is 6.03 Å². The van der Waals surface area contributed by atoms with Crippen LogP contribution in [0.25, 0.3) is 0 Å². The Labute approximate surface area is 247 Å². The molecular formula is C29H44N2O7S2. The maximum absolute atomic E-state index is 12.7. The summed E-state index contributed by atoms with van der Waals surface area (Å²) in [5.74, 6) is 5.45. The summed E-state index contributed by atoms with van der Waals surface area (Å²) in [5, 5.41) is 6.03. The maximum Gasteiger partial charge on any atom is 0.314 e. The molecule has 0 aliphatic carbocycles. The van der Waals surface area contributed by atoms with Crippen LogP contribution in [-0.2, 0) is 11.5 Å². The molecule has 2 aromatic carbocycles. The van der Waals surface area contributed by atoms with Gasteiger partial charge < -0.3 is 39.1 Å². The number of methoxy groups -OCH3 is 6. The van der Waals surface area contributed by atoms with E-state index in [1.165, 1.54) is 0 Å². The number of hydrogen-bond donors (Lipinski definition) is 2. The smallest absolute Gasteiger partial charge is 0.314 e. The van der Waals surface area contributed by atoms with Crippen LogP contribution < -0.4 is 39.1 Å². The van der Waals surface area contributed by atoms with E-state index in [0.29, 0.717) is 59.1 Å². The van der Waals surface area contributed by atoms with Gasteiger partial charge in [-0.1, -0.05) is 0 Å². The molecule has 0 fully saturated rings. The summed E-state index contributed by atoms with van der Waals surface area (Å²) < 4.78 is 32.5. The van der Waals surface area contributed by atoms with Crippen LogP contribution in [0.2, 0.25) is 0 Å². The van der Waals surface area contributed by atoms with Gasteiger partial charge in [0.1, 0.15) is 34.5 Å². The van der Waals surface area contributed by atoms with Crippen molar-refractivity contribution >= 4 is 29.6 Å². The number of rotatable bonds is 16. The van der Waals surface area contributed by atoms with Gasteiger partial charge in [0.15, 0.2) is 0 Å². The van der Waals surface area contributed by atoms with E-state index in [1.54, 1.807) is 66.2 Å². The lowest BCUT2D eigenvalue weighted by atomic mass is 10.2. The zero-order valence-corrected chi connectivity index (χ0v) is 26.9. The lowest BCUT2D eigenvalue weighted by Crippen LogP contribution is -2.45. The molecule has 40 heavy (non-hydrogen) atoms. The summed E-state index contributed by atoms with van der Waals surface area (Å²) in [6.45, 7) is 9.34. The highest BCUT2D eigenvalue weighted by Crippen LogP contribution is 2.40. The van der Waals surface area contributed by atoms with Crippen molar-refractivity contribution in [2.45, 2.75) is 48.7 Å². The fraction of sp³-hybridized carbons (Fsp3) is 0.552. The first-order chi connectivity index (χ1) is 18.9. The van der Waals surface area contributed by atoms with E-state index < -0.39 is 0 Å². The third-order valence-electron chi connectivity index (χ3n) is 6.20. The van der Waals surface area contributed by atoms with Gasteiger partial charge in [0.25, 0.3) is 0 Å². The van der Waals surface area contributed by atoms with Crippen LogP contribution in [0.3, 0.4) is 0 Å². The molecule has 0 radical (unpaired) electrons. The van der Waals surface area contributed by atoms with Crippen LogP contribution in [0.5, 0.6) is 34.5 Å². The number of nitrogens with one attached hydrogen (secondary N) is 2. The Bertz CT molecular complexity index is 990. The first-order valence-electron chi connectivity index (χ1n) is 12.8. The number of benzene rings is 2. The van der Waals surface area contributed by atoms with E-state index in [4.69, 9.17) is 28.4 Å². The first-order valence-corrected chi connectivity index (χ1v) is 14.8. The average molecular weight is 597 g/mol. The monoisotopic (exact) mass is 596 g/mol. The topological polar surface area (TPSA) is 96.5 Å². The van der Waals surface area contributed by atoms with E-state index >= 15 is 0 Å². The number of carbonyl (C=O) groups is 1. The zero-order chi connectivity index (χ0) is 29.9. The molecule has 2 rings (SSSR count). The van der Waals surface area contributed by atoms with Crippen molar-refractivity contribution in [2.24, 2.45) is 0 Å². The second-order valence-corrected chi connectivity index (χ2v) is 13.5. The van der Waals surface area contributed by atoms with Crippen LogP contribution in [0.1, 0.15) is 38.8 Å². The molecule has 2 N–H and O–H groups in total. The first kappa shape index (κ1) is 33.4. The fourth-order valence-electron chi connectivity index (χ4n) is 3.73. The molecule has 2 aromatic rings. The minimum Gasteiger partial charge on any atom is -0.496 e. The Hall–Kier alpha value is -2.79. The van der Waals surface area contributed by atoms with E-state index in [2.05, 4.69) is 38.3 Å². The molecule has 0 aromatic heterocycles. The lowest BCUT2D eigenvalue weighted by molar-refractivity contribution is 0.239. The molecule has 11 heteroatoms. The number of urea groups is 1. The van der Waals surface area contributed by atoms with Crippen molar-refractivity contribution in [3.05, 3.63) is 35.4 Å². The van der Waals surface area contributed by atoms with Crippen molar-refractivity contribution in [2.75, 3.05) is 55.7 Å². The highest BCUT2D eigenvalue weighted by atomic mass is 32.2. The van der Waals surface area contributed by atoms with Gasteiger partial charge in [0.05, 0.1) is 42.7 Å². The van der Waals surface area contributed by atoms with Crippen molar-refractivity contribution < 1.29 is 33.2 Å². The Morgan fingerprint density at radius 2 is 0.900 bits per heavy atom. The van der Waals surface area contributed by atoms with Gasteiger partial charge in [0, 0.05) is 69.5 Å². The van der Waals surface area contributed by atoms with E-state index in [1.807, 2.05) is 24.3 Å². The fourth-order valence-corrected chi connectivity index (χ4v) is 5.71. The largest absolute Gasteiger partial charge is 0.496 e. The molecule has 2 amide bonds. The molecule has 0 unspecified atom stereocenters. The van der Waals surface area contributed by atoms with Gasteiger partial charge in [0.2, 0.25) is 0 Å². The predicted molar refractivity (Wildman–Crippen MR) is 164 cm³/mol. The summed E-state index contributed by atoms with van der Waals surface area (Å²) in [6, 6.07) is 7.17. The van der Waals surface area contributed by atoms with E-state index in [9.17, 15) is 4.79 Å². The predicted octanol–water partition coefficient (Wildman–Crippen LogP) is 5.76. The van der Waals surface area contributed by atoms with Gasteiger partial charge in [-0.25, -0.2) is 4.79 Å². The van der Waals surface area contributed by atoms with Crippen molar-refractivity contribution in [1.82, 2.24) is 10.6 Å². The molecule has 0 heterocycles. The number of amides is 2. The molecule has 0 atom stereocenters. The van der Waals surface area contributed by atoms with Crippen LogP contribution in [-0.4, -0.2) is 71.3 Å². The number of ether oxygens (including phenoxy) is 6. The van der Waals surface area contributed by atoms with Gasteiger partial charge in [-0.15, -0.1) is 23.5 Å². The molecule has 0 saturated heterocycles. The number of carbonyl (C=O) groups excluding carboxylic acids is 1. The molecule has 9 nitrogen and oxygen atoms in total. The molecule has 0 aliphatic heterocycles. The summed E-state index contributed by atoms with van der Waals surface area (Å²) in [6.07, 6.45) is 0. The number of hydrogen-bond acceptors (Lipinski definition) is 9. The Balaban J connectivity index is 1.90. The Morgan fingerprint density at radius 1 is 0.600 bits per heavy atom. The quantitative estimate of drug-likeness (QED) is 0.251. The van der Waals surface area contributed by atoms with Crippen LogP contribution in [0.4, 0.5) is 4.79 Å². The van der Waals surface area contributed by atoms with Gasteiger partial charge in [-0.05, 0) is 27.7 Å². The van der Waals surface area contributed by atoms with Crippen molar-refractivity contribution in [3.63, 3.8) is 0 Å². The average Bonchev–Trinajstić information content (AvgIpc) is 2.95. The third kappa shape index (κ3) is 9.69. The second kappa shape index (κ2) is 15.3. The molecule has 0 saturated carbocycles. The van der Waals surface area contributed by atoms with Crippen LogP contribution in [0.15, 0.2) is 24.3 Å². The van der Waals surface area contributed by atoms with E-state index in [-0.39, 0.29) is 15.5 Å². The summed E-state index contributed by atoms with van der Waals surface area (Å²) in [5.41, 5.74) is 1.88. The van der Waals surface area contributed by atoms with E-state index in [0.717, 1.165) is 11.1 Å². The highest BCUT2D eigenvalue weighted by Gasteiger charge is 2.25. The molecule has 224 valence electrons. The van der Waals surface area contributed by atoms with Gasteiger partial charge in [-0.3, -0.25) is 0 Å². The molecule has 0 bridgehead atoms. The third-order valence-corrected chi connectivity index (χ3v) is 8.92. The minimum atomic E-state index is -0.237.